The third-order valence-electron chi connectivity index (χ3n) is 4.15. The monoisotopic (exact) mass is 256 g/mol. The molecular formula is C11H13FN2O4. The third-order valence-corrected chi connectivity index (χ3v) is 4.15. The molecule has 0 aromatic rings. The second-order valence-corrected chi connectivity index (χ2v) is 4.95. The lowest BCUT2D eigenvalue weighted by molar-refractivity contribution is -0.146. The number of urea groups is 1. The van der Waals surface area contributed by atoms with Crippen LogP contribution in [0, 0.1) is 17.8 Å². The molecule has 6 nitrogen and oxygen atoms in total. The first-order valence-electron chi connectivity index (χ1n) is 5.96. The van der Waals surface area contributed by atoms with Gasteiger partial charge in [0.25, 0.3) is 5.91 Å². The Hall–Kier alpha value is -1.66. The molecule has 2 N–H and O–H groups in total. The van der Waals surface area contributed by atoms with Gasteiger partial charge in [-0.05, 0) is 19.3 Å². The Morgan fingerprint density at radius 1 is 1.56 bits per heavy atom. The number of carbonyl (C=O) groups is 3. The molecule has 18 heavy (non-hydrogen) atoms. The molecule has 2 aliphatic carbocycles. The molecule has 1 heterocycles. The average Bonchev–Trinajstić information content (AvgIpc) is 2.82. The van der Waals surface area contributed by atoms with Crippen LogP contribution in [0.2, 0.25) is 0 Å². The molecule has 0 aromatic carbocycles. The average molecular weight is 256 g/mol. The van der Waals surface area contributed by atoms with Crippen molar-refractivity contribution >= 4 is 17.9 Å². The number of imide groups is 1. The van der Waals surface area contributed by atoms with E-state index in [1.807, 2.05) is 5.32 Å². The summed E-state index contributed by atoms with van der Waals surface area (Å²) in [6.07, 6.45) is -1.33. The number of fused-ring (bicyclic) bond motifs is 2. The minimum Gasteiger partial charge on any atom is -0.466 e. The molecule has 2 saturated carbocycles. The number of nitrogens with one attached hydrogen (secondary N) is 2. The Balaban J connectivity index is 1.86. The first-order chi connectivity index (χ1) is 8.52. The van der Waals surface area contributed by atoms with Gasteiger partial charge in [-0.1, -0.05) is 0 Å². The van der Waals surface area contributed by atoms with E-state index in [0.717, 1.165) is 0 Å². The highest BCUT2D eigenvalue weighted by Crippen LogP contribution is 2.64. The molecule has 3 rings (SSSR count). The second-order valence-electron chi connectivity index (χ2n) is 4.95. The summed E-state index contributed by atoms with van der Waals surface area (Å²) in [6.45, 7) is 1.94. The van der Waals surface area contributed by atoms with Crippen molar-refractivity contribution in [1.82, 2.24) is 10.6 Å². The summed E-state index contributed by atoms with van der Waals surface area (Å²) < 4.78 is 18.9. The maximum Gasteiger partial charge on any atom is 0.322 e. The Labute approximate surface area is 102 Å². The molecule has 0 bridgehead atoms. The molecule has 98 valence electrons. The van der Waals surface area contributed by atoms with E-state index in [1.165, 1.54) is 0 Å². The van der Waals surface area contributed by atoms with E-state index in [2.05, 4.69) is 5.32 Å². The fourth-order valence-corrected chi connectivity index (χ4v) is 3.42. The van der Waals surface area contributed by atoms with Crippen LogP contribution in [0.4, 0.5) is 9.18 Å². The normalized spacial score (nSPS) is 44.6. The fraction of sp³-hybridized carbons (Fsp3) is 0.727. The number of amides is 3. The number of hydrogen-bond donors (Lipinski definition) is 2. The van der Waals surface area contributed by atoms with Crippen LogP contribution in [0.5, 0.6) is 0 Å². The summed E-state index contributed by atoms with van der Waals surface area (Å²) in [5, 5.41) is 4.41. The van der Waals surface area contributed by atoms with Crippen LogP contribution in [-0.4, -0.2) is 36.2 Å². The van der Waals surface area contributed by atoms with E-state index in [4.69, 9.17) is 4.74 Å². The molecule has 3 fully saturated rings. The van der Waals surface area contributed by atoms with Gasteiger partial charge >= 0.3 is 12.0 Å². The van der Waals surface area contributed by atoms with Crippen molar-refractivity contribution in [2.24, 2.45) is 17.8 Å². The van der Waals surface area contributed by atoms with Crippen molar-refractivity contribution in [2.45, 2.75) is 25.1 Å². The Morgan fingerprint density at radius 2 is 2.28 bits per heavy atom. The lowest BCUT2D eigenvalue weighted by atomic mass is 9.89. The SMILES string of the molecule is CCOC(=O)[C@H]1[C@@H]2C[C@H](F)[C@]3(NC(=O)NC3=O)[C@@H]21. The van der Waals surface area contributed by atoms with Gasteiger partial charge in [-0.2, -0.15) is 0 Å². The lowest BCUT2D eigenvalue weighted by Crippen LogP contribution is -2.55. The molecule has 3 aliphatic rings. The maximum absolute atomic E-state index is 14.0. The highest BCUT2D eigenvalue weighted by molar-refractivity contribution is 6.09. The van der Waals surface area contributed by atoms with Crippen LogP contribution in [-0.2, 0) is 14.3 Å². The minimum atomic E-state index is -1.56. The summed E-state index contributed by atoms with van der Waals surface area (Å²) in [4.78, 5) is 34.7. The van der Waals surface area contributed by atoms with Gasteiger partial charge in [-0.3, -0.25) is 14.9 Å². The topological polar surface area (TPSA) is 84.5 Å². The zero-order valence-corrected chi connectivity index (χ0v) is 9.73. The molecule has 0 aromatic heterocycles. The van der Waals surface area contributed by atoms with Gasteiger partial charge in [0.15, 0.2) is 5.54 Å². The predicted octanol–water partition coefficient (Wildman–Crippen LogP) is -0.268. The maximum atomic E-state index is 14.0. The Kier molecular flexibility index (Phi) is 2.18. The summed E-state index contributed by atoms with van der Waals surface area (Å²) in [5.74, 6) is -2.23. The Morgan fingerprint density at radius 3 is 2.83 bits per heavy atom. The van der Waals surface area contributed by atoms with Gasteiger partial charge < -0.3 is 10.1 Å². The van der Waals surface area contributed by atoms with Gasteiger partial charge in [0.05, 0.1) is 12.5 Å². The van der Waals surface area contributed by atoms with Crippen LogP contribution >= 0.6 is 0 Å². The van der Waals surface area contributed by atoms with Crippen LogP contribution in [0.1, 0.15) is 13.3 Å². The number of esters is 1. The minimum absolute atomic E-state index is 0.113. The van der Waals surface area contributed by atoms with Gasteiger partial charge in [0, 0.05) is 5.92 Å². The van der Waals surface area contributed by atoms with E-state index in [0.29, 0.717) is 0 Å². The van der Waals surface area contributed by atoms with Crippen LogP contribution < -0.4 is 10.6 Å². The number of carbonyl (C=O) groups excluding carboxylic acids is 3. The van der Waals surface area contributed by atoms with Gasteiger partial charge in [0.2, 0.25) is 0 Å². The first kappa shape index (κ1) is 11.4. The molecule has 1 spiro atoms. The van der Waals surface area contributed by atoms with Gasteiger partial charge in [0.1, 0.15) is 6.17 Å². The van der Waals surface area contributed by atoms with E-state index in [-0.39, 0.29) is 18.9 Å². The van der Waals surface area contributed by atoms with Gasteiger partial charge in [-0.15, -0.1) is 0 Å². The van der Waals surface area contributed by atoms with Gasteiger partial charge in [-0.25, -0.2) is 9.18 Å². The zero-order valence-electron chi connectivity index (χ0n) is 9.73. The Bertz CT molecular complexity index is 454. The largest absolute Gasteiger partial charge is 0.466 e. The zero-order chi connectivity index (χ0) is 13.1. The van der Waals surface area contributed by atoms with E-state index >= 15 is 0 Å². The third kappa shape index (κ3) is 1.19. The molecule has 0 radical (unpaired) electrons. The van der Waals surface area contributed by atoms with Crippen LogP contribution in [0.25, 0.3) is 0 Å². The van der Waals surface area contributed by atoms with Crippen molar-refractivity contribution in [3.8, 4) is 0 Å². The van der Waals surface area contributed by atoms with E-state index in [1.54, 1.807) is 6.92 Å². The molecule has 1 saturated heterocycles. The fourth-order valence-electron chi connectivity index (χ4n) is 3.42. The number of alkyl halides is 1. The highest BCUT2D eigenvalue weighted by atomic mass is 19.1. The second kappa shape index (κ2) is 3.43. The lowest BCUT2D eigenvalue weighted by Gasteiger charge is -2.26. The molecule has 5 atom stereocenters. The molecule has 7 heteroatoms. The predicted molar refractivity (Wildman–Crippen MR) is 56.0 cm³/mol. The molecule has 1 aliphatic heterocycles. The molecular weight excluding hydrogens is 243 g/mol. The van der Waals surface area contributed by atoms with Crippen molar-refractivity contribution < 1.29 is 23.5 Å². The number of hydrogen-bond acceptors (Lipinski definition) is 4. The van der Waals surface area contributed by atoms with Crippen LogP contribution in [0.3, 0.4) is 0 Å². The van der Waals surface area contributed by atoms with E-state index in [9.17, 15) is 18.8 Å². The van der Waals surface area contributed by atoms with E-state index < -0.39 is 41.5 Å². The highest BCUT2D eigenvalue weighted by Gasteiger charge is 2.77. The number of rotatable bonds is 2. The van der Waals surface area contributed by atoms with Crippen molar-refractivity contribution in [3.05, 3.63) is 0 Å². The quantitative estimate of drug-likeness (QED) is 0.526. The van der Waals surface area contributed by atoms with Crippen molar-refractivity contribution in [2.75, 3.05) is 6.61 Å². The summed E-state index contributed by atoms with van der Waals surface area (Å²) >= 11 is 0. The first-order valence-corrected chi connectivity index (χ1v) is 5.96. The number of ether oxygens (including phenoxy) is 1. The van der Waals surface area contributed by atoms with Crippen LogP contribution in [0.15, 0.2) is 0 Å². The number of halogens is 1. The van der Waals surface area contributed by atoms with Crippen molar-refractivity contribution in [1.29, 1.82) is 0 Å². The standard InChI is InChI=1S/C11H13FN2O4/c1-2-18-8(15)6-4-3-5(12)11(7(4)6)9(16)13-10(17)14-11/h4-7H,2-3H2,1H3,(H2,13,14,16,17)/t4-,5-,6-,7-,11-/m0/s1. The molecule has 0 unspecified atom stereocenters. The molecule has 3 amide bonds. The summed E-state index contributed by atoms with van der Waals surface area (Å²) in [5.41, 5.74) is -1.56. The smallest absolute Gasteiger partial charge is 0.322 e. The summed E-state index contributed by atoms with van der Waals surface area (Å²) in [7, 11) is 0. The summed E-state index contributed by atoms with van der Waals surface area (Å²) in [6, 6.07) is -0.696. The van der Waals surface area contributed by atoms with Crippen molar-refractivity contribution in [3.63, 3.8) is 0 Å².